The molecule has 1 rings (SSSR count). The molecular formula is C12H23ClS. The summed E-state index contributed by atoms with van der Waals surface area (Å²) < 4.78 is 0. The van der Waals surface area contributed by atoms with Gasteiger partial charge in [-0.05, 0) is 42.3 Å². The van der Waals surface area contributed by atoms with Crippen molar-refractivity contribution < 1.29 is 0 Å². The first-order chi connectivity index (χ1) is 6.63. The molecule has 1 aliphatic carbocycles. The van der Waals surface area contributed by atoms with E-state index in [1.165, 1.54) is 32.1 Å². The Kier molecular flexibility index (Phi) is 5.69. The zero-order chi connectivity index (χ0) is 10.6. The molecule has 0 spiro atoms. The highest BCUT2D eigenvalue weighted by atomic mass is 35.5. The van der Waals surface area contributed by atoms with Gasteiger partial charge in [0, 0.05) is 5.88 Å². The van der Waals surface area contributed by atoms with Crippen molar-refractivity contribution in [3.8, 4) is 0 Å². The summed E-state index contributed by atoms with van der Waals surface area (Å²) in [6.07, 6.45) is 6.74. The van der Waals surface area contributed by atoms with Crippen molar-refractivity contribution in [1.82, 2.24) is 0 Å². The Morgan fingerprint density at radius 1 is 1.43 bits per heavy atom. The van der Waals surface area contributed by atoms with Gasteiger partial charge in [0.1, 0.15) is 0 Å². The summed E-state index contributed by atoms with van der Waals surface area (Å²) in [7, 11) is 0. The van der Waals surface area contributed by atoms with Gasteiger partial charge < -0.3 is 0 Å². The van der Waals surface area contributed by atoms with Crippen LogP contribution in [0.2, 0.25) is 0 Å². The van der Waals surface area contributed by atoms with Gasteiger partial charge >= 0.3 is 0 Å². The molecule has 0 saturated heterocycles. The van der Waals surface area contributed by atoms with Crippen LogP contribution < -0.4 is 0 Å². The lowest BCUT2D eigenvalue weighted by atomic mass is 9.87. The van der Waals surface area contributed by atoms with Crippen LogP contribution in [0.25, 0.3) is 0 Å². The first-order valence-corrected chi connectivity index (χ1v) is 6.92. The Hall–Kier alpha value is 0.640. The largest absolute Gasteiger partial charge is 0.176 e. The third-order valence-corrected chi connectivity index (χ3v) is 4.18. The Morgan fingerprint density at radius 3 is 2.71 bits per heavy atom. The summed E-state index contributed by atoms with van der Waals surface area (Å²) in [5.74, 6) is 3.32. The van der Waals surface area contributed by atoms with Crippen molar-refractivity contribution in [3.05, 3.63) is 0 Å². The lowest BCUT2D eigenvalue weighted by molar-refractivity contribution is 0.324. The molecule has 0 nitrogen and oxygen atoms in total. The molecule has 1 aliphatic rings. The summed E-state index contributed by atoms with van der Waals surface area (Å²) >= 11 is 10.5. The zero-order valence-electron chi connectivity index (χ0n) is 9.38. The fourth-order valence-electron chi connectivity index (χ4n) is 2.72. The van der Waals surface area contributed by atoms with Gasteiger partial charge in [-0.25, -0.2) is 0 Å². The average Bonchev–Trinajstić information content (AvgIpc) is 2.25. The smallest absolute Gasteiger partial charge is 0.0254 e. The summed E-state index contributed by atoms with van der Waals surface area (Å²) in [6.45, 7) is 4.58. The molecular weight excluding hydrogens is 212 g/mol. The van der Waals surface area contributed by atoms with Crippen LogP contribution in [0.4, 0.5) is 0 Å². The molecule has 84 valence electrons. The van der Waals surface area contributed by atoms with E-state index in [2.05, 4.69) is 26.5 Å². The molecule has 0 aromatic heterocycles. The lowest BCUT2D eigenvalue weighted by Gasteiger charge is -2.22. The van der Waals surface area contributed by atoms with Gasteiger partial charge in [0.15, 0.2) is 0 Å². The van der Waals surface area contributed by atoms with Gasteiger partial charge in [-0.15, -0.1) is 11.6 Å². The molecule has 0 heterocycles. The van der Waals surface area contributed by atoms with Crippen LogP contribution in [0, 0.1) is 17.8 Å². The second-order valence-corrected chi connectivity index (χ2v) is 6.20. The predicted octanol–water partition coefficient (Wildman–Crippen LogP) is 4.38. The van der Waals surface area contributed by atoms with Crippen LogP contribution in [-0.4, -0.2) is 11.1 Å². The highest BCUT2D eigenvalue weighted by Crippen LogP contribution is 2.35. The Bertz CT molecular complexity index is 158. The molecule has 1 saturated carbocycles. The van der Waals surface area contributed by atoms with Crippen molar-refractivity contribution in [2.45, 2.75) is 51.2 Å². The standard InChI is InChI=1S/C12H23ClS/c1-9-6-11(7-10(2)14)4-3-5-12(9)8-13/h9-12,14H,3-8H2,1-2H3. The van der Waals surface area contributed by atoms with Crippen LogP contribution in [0.5, 0.6) is 0 Å². The topological polar surface area (TPSA) is 0 Å². The molecule has 0 N–H and O–H groups in total. The summed E-state index contributed by atoms with van der Waals surface area (Å²) in [6, 6.07) is 0. The Labute approximate surface area is 99.2 Å². The summed E-state index contributed by atoms with van der Waals surface area (Å²) in [4.78, 5) is 0. The van der Waals surface area contributed by atoms with Crippen molar-refractivity contribution in [3.63, 3.8) is 0 Å². The second kappa shape index (κ2) is 6.27. The van der Waals surface area contributed by atoms with Gasteiger partial charge in [0.05, 0.1) is 0 Å². The number of halogens is 1. The zero-order valence-corrected chi connectivity index (χ0v) is 11.0. The molecule has 0 bridgehead atoms. The van der Waals surface area contributed by atoms with Crippen LogP contribution in [0.3, 0.4) is 0 Å². The number of hydrogen-bond donors (Lipinski definition) is 1. The fourth-order valence-corrected chi connectivity index (χ4v) is 3.47. The van der Waals surface area contributed by atoms with E-state index < -0.39 is 0 Å². The molecule has 0 aromatic rings. The van der Waals surface area contributed by atoms with Crippen LogP contribution in [0.15, 0.2) is 0 Å². The number of rotatable bonds is 3. The second-order valence-electron chi connectivity index (χ2n) is 5.01. The summed E-state index contributed by atoms with van der Waals surface area (Å²) in [5.41, 5.74) is 0. The van der Waals surface area contributed by atoms with E-state index in [1.807, 2.05) is 0 Å². The number of hydrogen-bond acceptors (Lipinski definition) is 1. The minimum absolute atomic E-state index is 0.555. The maximum atomic E-state index is 5.99. The molecule has 0 radical (unpaired) electrons. The van der Waals surface area contributed by atoms with E-state index in [1.54, 1.807) is 0 Å². The molecule has 0 aliphatic heterocycles. The van der Waals surface area contributed by atoms with Crippen LogP contribution in [0.1, 0.15) is 46.0 Å². The van der Waals surface area contributed by atoms with Crippen LogP contribution >= 0.6 is 24.2 Å². The van der Waals surface area contributed by atoms with Crippen molar-refractivity contribution in [2.24, 2.45) is 17.8 Å². The van der Waals surface area contributed by atoms with Crippen molar-refractivity contribution in [2.75, 3.05) is 5.88 Å². The van der Waals surface area contributed by atoms with E-state index in [0.717, 1.165) is 23.6 Å². The van der Waals surface area contributed by atoms with E-state index in [0.29, 0.717) is 5.25 Å². The fraction of sp³-hybridized carbons (Fsp3) is 1.00. The van der Waals surface area contributed by atoms with Gasteiger partial charge in [-0.3, -0.25) is 0 Å². The molecule has 0 aromatic carbocycles. The van der Waals surface area contributed by atoms with E-state index in [4.69, 9.17) is 11.6 Å². The van der Waals surface area contributed by atoms with E-state index in [-0.39, 0.29) is 0 Å². The molecule has 2 heteroatoms. The molecule has 1 fully saturated rings. The first-order valence-electron chi connectivity index (χ1n) is 5.87. The molecule has 4 atom stereocenters. The quantitative estimate of drug-likeness (QED) is 0.418. The SMILES string of the molecule is CC(S)CC1CCCC(CCl)C(C)C1. The molecule has 4 unspecified atom stereocenters. The van der Waals surface area contributed by atoms with E-state index >= 15 is 0 Å². The Balaban J connectivity index is 2.42. The predicted molar refractivity (Wildman–Crippen MR) is 68.4 cm³/mol. The van der Waals surface area contributed by atoms with Gasteiger partial charge in [-0.2, -0.15) is 12.6 Å². The highest BCUT2D eigenvalue weighted by Gasteiger charge is 2.24. The minimum Gasteiger partial charge on any atom is -0.176 e. The van der Waals surface area contributed by atoms with Gasteiger partial charge in [0.25, 0.3) is 0 Å². The normalized spacial score (nSPS) is 36.4. The van der Waals surface area contributed by atoms with E-state index in [9.17, 15) is 0 Å². The van der Waals surface area contributed by atoms with Crippen molar-refractivity contribution in [1.29, 1.82) is 0 Å². The molecule has 14 heavy (non-hydrogen) atoms. The van der Waals surface area contributed by atoms with Crippen molar-refractivity contribution >= 4 is 24.2 Å². The van der Waals surface area contributed by atoms with Gasteiger partial charge in [0.2, 0.25) is 0 Å². The Morgan fingerprint density at radius 2 is 2.14 bits per heavy atom. The average molecular weight is 235 g/mol. The maximum absolute atomic E-state index is 5.99. The first kappa shape index (κ1) is 12.7. The van der Waals surface area contributed by atoms with Gasteiger partial charge in [-0.1, -0.05) is 26.7 Å². The van der Waals surface area contributed by atoms with Crippen LogP contribution in [-0.2, 0) is 0 Å². The minimum atomic E-state index is 0.555. The third kappa shape index (κ3) is 4.02. The number of thiol groups is 1. The lowest BCUT2D eigenvalue weighted by Crippen LogP contribution is -2.14. The third-order valence-electron chi connectivity index (χ3n) is 3.57. The maximum Gasteiger partial charge on any atom is 0.0254 e. The highest BCUT2D eigenvalue weighted by molar-refractivity contribution is 7.80. The monoisotopic (exact) mass is 234 g/mol. The summed E-state index contributed by atoms with van der Waals surface area (Å²) in [5, 5.41) is 0.555. The number of alkyl halides is 1. The molecule has 0 amide bonds.